The van der Waals surface area contributed by atoms with Gasteiger partial charge in [-0.2, -0.15) is 25.4 Å². The zero-order chi connectivity index (χ0) is 44.1. The fourth-order valence-electron chi connectivity index (χ4n) is 9.86. The van der Waals surface area contributed by atoms with Crippen molar-refractivity contribution in [2.24, 2.45) is 11.8 Å². The summed E-state index contributed by atoms with van der Waals surface area (Å²) < 4.78 is 63.6. The van der Waals surface area contributed by atoms with Crippen LogP contribution in [0.4, 0.5) is 0 Å². The number of hydrogen-bond donors (Lipinski definition) is 1. The fraction of sp³-hybridized carbons (Fsp3) is 0.600. The number of nitrogens with zero attached hydrogens (tertiary/aromatic N) is 7. The van der Waals surface area contributed by atoms with Crippen LogP contribution in [0.15, 0.2) is 36.4 Å². The van der Waals surface area contributed by atoms with Gasteiger partial charge in [-0.3, -0.25) is 14.5 Å². The molecule has 0 unspecified atom stereocenters. The van der Waals surface area contributed by atoms with Crippen molar-refractivity contribution in [3.63, 3.8) is 0 Å². The molecular weight excluding hydrogens is 829 g/mol. The molecule has 5 aliphatic heterocycles. The maximum Gasteiger partial charge on any atom is 0.307 e. The lowest BCUT2D eigenvalue weighted by Gasteiger charge is -2.37. The van der Waals surface area contributed by atoms with E-state index in [1.165, 1.54) is 16.6 Å². The van der Waals surface area contributed by atoms with Crippen molar-refractivity contribution < 1.29 is 31.2 Å². The van der Waals surface area contributed by atoms with Crippen molar-refractivity contribution in [2.75, 3.05) is 80.7 Å². The topological polar surface area (TPSA) is 150 Å². The van der Waals surface area contributed by atoms with Crippen LogP contribution in [0.5, 0.6) is 0 Å². The van der Waals surface area contributed by atoms with E-state index in [9.17, 15) is 26.4 Å². The minimum absolute atomic E-state index is 0.0366. The normalized spacial score (nSPS) is 20.1. The highest BCUT2D eigenvalue weighted by Crippen LogP contribution is 2.36. The van der Waals surface area contributed by atoms with Gasteiger partial charge in [-0.05, 0) is 97.9 Å². The van der Waals surface area contributed by atoms with Gasteiger partial charge in [-0.15, -0.1) is 0 Å². The molecule has 2 amide bonds. The number of ether oxygens (including phenoxy) is 1. The molecule has 0 bridgehead atoms. The van der Waals surface area contributed by atoms with Gasteiger partial charge in [0, 0.05) is 146 Å². The van der Waals surface area contributed by atoms with Crippen LogP contribution < -0.4 is 5.32 Å². The van der Waals surface area contributed by atoms with Crippen molar-refractivity contribution in [2.45, 2.75) is 84.3 Å². The summed E-state index contributed by atoms with van der Waals surface area (Å²) in [5.74, 6) is 1.40. The van der Waals surface area contributed by atoms with Crippen LogP contribution in [-0.4, -0.2) is 147 Å². The Morgan fingerprint density at radius 1 is 0.645 bits per heavy atom. The molecule has 9 rings (SSSR count). The van der Waals surface area contributed by atoms with E-state index < -0.39 is 20.4 Å². The molecule has 0 radical (unpaired) electrons. The SMILES string of the molecule is CC1CCN(C(=O)c2ccc3c(c2)c2c(n3S(=O)(=O)N(C)C)CCN(C3CCOCC3)C2)CC1.CC1CCN(C(=O)c2ccc3c(c2)c2c(n3S(=O)(=O)N(C)C)CCNC2)CC1. The van der Waals surface area contributed by atoms with E-state index in [2.05, 4.69) is 24.1 Å². The largest absolute Gasteiger partial charge is 0.381 e. The Morgan fingerprint density at radius 2 is 1.11 bits per heavy atom. The highest BCUT2D eigenvalue weighted by Gasteiger charge is 2.34. The smallest absolute Gasteiger partial charge is 0.307 e. The molecule has 1 N–H and O–H groups in total. The molecule has 2 aromatic carbocycles. The average molecular weight is 893 g/mol. The van der Waals surface area contributed by atoms with E-state index in [0.29, 0.717) is 66.0 Å². The molecule has 0 saturated carbocycles. The van der Waals surface area contributed by atoms with Gasteiger partial charge in [0.2, 0.25) is 0 Å². The molecule has 15 nitrogen and oxygen atoms in total. The van der Waals surface area contributed by atoms with Crippen LogP contribution in [0.3, 0.4) is 0 Å². The van der Waals surface area contributed by atoms with Crippen molar-refractivity contribution >= 4 is 54.0 Å². The molecule has 0 atom stereocenters. The molecule has 338 valence electrons. The molecule has 3 fully saturated rings. The van der Waals surface area contributed by atoms with Gasteiger partial charge in [0.25, 0.3) is 11.8 Å². The molecule has 4 aromatic rings. The van der Waals surface area contributed by atoms with Gasteiger partial charge in [0.15, 0.2) is 0 Å². The lowest BCUT2D eigenvalue weighted by Crippen LogP contribution is -2.43. The number of carbonyl (C=O) groups excluding carboxylic acids is 2. The van der Waals surface area contributed by atoms with E-state index in [-0.39, 0.29) is 11.8 Å². The van der Waals surface area contributed by atoms with E-state index in [0.717, 1.165) is 124 Å². The summed E-state index contributed by atoms with van der Waals surface area (Å²) in [7, 11) is -1.09. The first-order chi connectivity index (χ1) is 29.6. The van der Waals surface area contributed by atoms with E-state index in [1.54, 1.807) is 46.4 Å². The van der Waals surface area contributed by atoms with Crippen LogP contribution in [-0.2, 0) is 51.1 Å². The Morgan fingerprint density at radius 3 is 1.60 bits per heavy atom. The third-order valence-corrected chi connectivity index (χ3v) is 17.4. The van der Waals surface area contributed by atoms with Crippen molar-refractivity contribution in [3.8, 4) is 0 Å². The van der Waals surface area contributed by atoms with Gasteiger partial charge in [-0.1, -0.05) is 13.8 Å². The Labute approximate surface area is 367 Å². The quantitative estimate of drug-likeness (QED) is 0.283. The number of piperidine rings is 2. The molecule has 17 heteroatoms. The third-order valence-electron chi connectivity index (χ3n) is 13.8. The first kappa shape index (κ1) is 44.8. The number of likely N-dealkylation sites (tertiary alicyclic amines) is 2. The van der Waals surface area contributed by atoms with Crippen molar-refractivity contribution in [1.82, 2.24) is 36.6 Å². The summed E-state index contributed by atoms with van der Waals surface area (Å²) in [5, 5.41) is 5.06. The number of rotatable bonds is 7. The second-order valence-electron chi connectivity index (χ2n) is 18.4. The predicted octanol–water partition coefficient (Wildman–Crippen LogP) is 4.52. The molecule has 62 heavy (non-hydrogen) atoms. The van der Waals surface area contributed by atoms with Gasteiger partial charge >= 0.3 is 20.4 Å². The summed E-state index contributed by atoms with van der Waals surface area (Å²) in [5.41, 5.74) is 6.28. The van der Waals surface area contributed by atoms with E-state index >= 15 is 0 Å². The van der Waals surface area contributed by atoms with Crippen LogP contribution >= 0.6 is 0 Å². The second-order valence-corrected chi connectivity index (χ2v) is 22.3. The average Bonchev–Trinajstić information content (AvgIpc) is 3.79. The highest BCUT2D eigenvalue weighted by atomic mass is 32.2. The van der Waals surface area contributed by atoms with Gasteiger partial charge in [0.05, 0.1) is 11.0 Å². The highest BCUT2D eigenvalue weighted by molar-refractivity contribution is 7.88. The standard InChI is InChI=1S/C25H36N4O4S.C20H28N4O3S/c1-18-6-11-27(12-7-18)25(30)19-4-5-23-21(16-19)22-17-28(20-9-14-33-15-10-20)13-8-24(22)29(23)34(31,32)26(2)3;1-14-7-10-23(11-8-14)20(25)15-4-5-18-16(12-15)17-13-21-9-6-19(17)24(18)28(26,27)22(2)3/h4-5,16,18,20H,6-15,17H2,1-3H3;4-5,12,14,21H,6-11,13H2,1-3H3. The Balaban J connectivity index is 0.000000174. The number of carbonyl (C=O) groups is 2. The Bertz CT molecular complexity index is 2540. The molecule has 7 heterocycles. The summed E-state index contributed by atoms with van der Waals surface area (Å²) >= 11 is 0. The Kier molecular flexibility index (Phi) is 13.0. The van der Waals surface area contributed by atoms with Crippen LogP contribution in [0.2, 0.25) is 0 Å². The lowest BCUT2D eigenvalue weighted by atomic mass is 9.97. The molecule has 2 aromatic heterocycles. The Hall–Kier alpha value is -3.84. The van der Waals surface area contributed by atoms with E-state index in [1.807, 2.05) is 28.0 Å². The van der Waals surface area contributed by atoms with Gasteiger partial charge < -0.3 is 19.9 Å². The second kappa shape index (κ2) is 18.0. The number of amides is 2. The number of fused-ring (bicyclic) bond motifs is 6. The summed E-state index contributed by atoms with van der Waals surface area (Å²) in [4.78, 5) is 32.6. The summed E-state index contributed by atoms with van der Waals surface area (Å²) in [6.07, 6.45) is 7.44. The number of benzene rings is 2. The van der Waals surface area contributed by atoms with Crippen LogP contribution in [0, 0.1) is 11.8 Å². The van der Waals surface area contributed by atoms with E-state index in [4.69, 9.17) is 4.74 Å². The van der Waals surface area contributed by atoms with Gasteiger partial charge in [0.1, 0.15) is 0 Å². The zero-order valence-electron chi connectivity index (χ0n) is 37.2. The maximum absolute atomic E-state index is 13.3. The van der Waals surface area contributed by atoms with Crippen LogP contribution in [0.1, 0.15) is 95.6 Å². The third kappa shape index (κ3) is 8.46. The van der Waals surface area contributed by atoms with Crippen molar-refractivity contribution in [1.29, 1.82) is 0 Å². The maximum atomic E-state index is 13.3. The van der Waals surface area contributed by atoms with Crippen molar-refractivity contribution in [3.05, 3.63) is 70.0 Å². The summed E-state index contributed by atoms with van der Waals surface area (Å²) in [6, 6.07) is 11.4. The first-order valence-corrected chi connectivity index (χ1v) is 25.2. The molecule has 3 saturated heterocycles. The molecular formula is C45H64N8O7S2. The zero-order valence-corrected chi connectivity index (χ0v) is 38.9. The summed E-state index contributed by atoms with van der Waals surface area (Å²) in [6.45, 7) is 12.0. The fourth-order valence-corrected chi connectivity index (χ4v) is 12.3. The minimum Gasteiger partial charge on any atom is -0.381 e. The molecule has 0 spiro atoms. The lowest BCUT2D eigenvalue weighted by molar-refractivity contribution is 0.0290. The van der Waals surface area contributed by atoms with Gasteiger partial charge in [-0.25, -0.2) is 7.94 Å². The number of hydrogen-bond acceptors (Lipinski definition) is 9. The number of aromatic nitrogens is 2. The predicted molar refractivity (Wildman–Crippen MR) is 242 cm³/mol. The molecule has 5 aliphatic rings. The van der Waals surface area contributed by atoms with Crippen LogP contribution in [0.25, 0.3) is 21.8 Å². The number of nitrogens with one attached hydrogen (secondary N) is 1. The minimum atomic E-state index is -3.69. The molecule has 0 aliphatic carbocycles. The monoisotopic (exact) mass is 892 g/mol. The first-order valence-electron chi connectivity index (χ1n) is 22.4.